The van der Waals surface area contributed by atoms with Crippen LogP contribution < -0.4 is 11.1 Å². The summed E-state index contributed by atoms with van der Waals surface area (Å²) in [6.45, 7) is 6.03. The number of carbonyl (C=O) groups excluding carboxylic acids is 1. The Morgan fingerprint density at radius 2 is 1.77 bits per heavy atom. The van der Waals surface area contributed by atoms with Crippen LogP contribution in [0.5, 0.6) is 0 Å². The van der Waals surface area contributed by atoms with E-state index < -0.39 is 0 Å². The number of likely N-dealkylation sites (tertiary alicyclic amines) is 1. The van der Waals surface area contributed by atoms with Crippen LogP contribution in [-0.2, 0) is 9.53 Å². The fourth-order valence-electron chi connectivity index (χ4n) is 3.16. The third-order valence-electron chi connectivity index (χ3n) is 4.71. The Bertz CT molecular complexity index is 307. The van der Waals surface area contributed by atoms with Crippen molar-refractivity contribution in [3.8, 4) is 0 Å². The molecule has 2 rings (SSSR count). The van der Waals surface area contributed by atoms with Crippen LogP contribution in [0.1, 0.15) is 38.5 Å². The predicted molar refractivity (Wildman–Crippen MR) is 94.0 cm³/mol. The number of nitrogens with two attached hydrogens (primary N) is 1. The molecule has 0 spiro atoms. The van der Waals surface area contributed by atoms with Gasteiger partial charge in [-0.15, -0.1) is 24.8 Å². The highest BCUT2D eigenvalue weighted by Crippen LogP contribution is 2.29. The maximum atomic E-state index is 12.3. The highest BCUT2D eigenvalue weighted by molar-refractivity contribution is 5.85. The highest BCUT2D eigenvalue weighted by atomic mass is 35.5. The first-order valence-corrected chi connectivity index (χ1v) is 8.05. The van der Waals surface area contributed by atoms with Gasteiger partial charge in [0.25, 0.3) is 0 Å². The summed E-state index contributed by atoms with van der Waals surface area (Å²) in [6, 6.07) is 0. The summed E-state index contributed by atoms with van der Waals surface area (Å²) in [4.78, 5) is 14.8. The van der Waals surface area contributed by atoms with E-state index in [1.165, 1.54) is 32.4 Å². The van der Waals surface area contributed by atoms with Gasteiger partial charge in [-0.3, -0.25) is 4.79 Å². The van der Waals surface area contributed by atoms with Crippen LogP contribution in [0.3, 0.4) is 0 Å². The van der Waals surface area contributed by atoms with Crippen LogP contribution in [-0.4, -0.2) is 56.7 Å². The summed E-state index contributed by atoms with van der Waals surface area (Å²) < 4.78 is 5.34. The van der Waals surface area contributed by atoms with Gasteiger partial charge in [0.2, 0.25) is 5.91 Å². The fraction of sp³-hybridized carbons (Fsp3) is 0.933. The molecule has 0 aromatic carbocycles. The van der Waals surface area contributed by atoms with Crippen LogP contribution in [0.4, 0.5) is 0 Å². The lowest BCUT2D eigenvalue weighted by molar-refractivity contribution is -0.135. The summed E-state index contributed by atoms with van der Waals surface area (Å²) >= 11 is 0. The summed E-state index contributed by atoms with van der Waals surface area (Å²) in [5.74, 6) is 0.127. The van der Waals surface area contributed by atoms with Crippen molar-refractivity contribution < 1.29 is 9.53 Å². The minimum Gasteiger partial charge on any atom is -0.381 e. The van der Waals surface area contributed by atoms with E-state index in [-0.39, 0.29) is 36.1 Å². The molecule has 7 heteroatoms. The van der Waals surface area contributed by atoms with Crippen LogP contribution in [0.2, 0.25) is 0 Å². The molecule has 0 saturated carbocycles. The van der Waals surface area contributed by atoms with Gasteiger partial charge in [0.1, 0.15) is 0 Å². The molecule has 2 aliphatic heterocycles. The lowest BCUT2D eigenvalue weighted by Gasteiger charge is -2.34. The van der Waals surface area contributed by atoms with E-state index >= 15 is 0 Å². The number of carbonyl (C=O) groups is 1. The lowest BCUT2D eigenvalue weighted by atomic mass is 9.79. The minimum absolute atomic E-state index is 0. The third-order valence-corrected chi connectivity index (χ3v) is 4.71. The van der Waals surface area contributed by atoms with Gasteiger partial charge in [0, 0.05) is 26.3 Å². The quantitative estimate of drug-likeness (QED) is 0.709. The van der Waals surface area contributed by atoms with E-state index in [4.69, 9.17) is 10.5 Å². The van der Waals surface area contributed by atoms with Crippen molar-refractivity contribution in [2.24, 2.45) is 11.1 Å². The van der Waals surface area contributed by atoms with Crippen LogP contribution in [0.25, 0.3) is 0 Å². The van der Waals surface area contributed by atoms with Crippen molar-refractivity contribution in [2.45, 2.75) is 38.5 Å². The molecule has 0 radical (unpaired) electrons. The molecule has 5 nitrogen and oxygen atoms in total. The number of piperidine rings is 1. The highest BCUT2D eigenvalue weighted by Gasteiger charge is 2.38. The Labute approximate surface area is 146 Å². The predicted octanol–water partition coefficient (Wildman–Crippen LogP) is 1.58. The van der Waals surface area contributed by atoms with Gasteiger partial charge in [-0.2, -0.15) is 0 Å². The molecule has 2 heterocycles. The van der Waals surface area contributed by atoms with Crippen LogP contribution >= 0.6 is 24.8 Å². The molecule has 0 atom stereocenters. The Morgan fingerprint density at radius 1 is 1.14 bits per heavy atom. The second kappa shape index (κ2) is 11.5. The number of rotatable bonds is 6. The first kappa shape index (κ1) is 21.9. The van der Waals surface area contributed by atoms with Crippen molar-refractivity contribution in [1.29, 1.82) is 0 Å². The third kappa shape index (κ3) is 6.20. The molecule has 132 valence electrons. The topological polar surface area (TPSA) is 67.6 Å². The van der Waals surface area contributed by atoms with Gasteiger partial charge >= 0.3 is 0 Å². The number of amides is 1. The molecule has 0 unspecified atom stereocenters. The van der Waals surface area contributed by atoms with E-state index in [9.17, 15) is 4.79 Å². The SMILES string of the molecule is Cl.Cl.NCC1(C(=O)NCCCN2CCCCC2)CCOCC1. The molecule has 3 N–H and O–H groups in total. The van der Waals surface area contributed by atoms with Crippen LogP contribution in [0, 0.1) is 5.41 Å². The number of halogens is 2. The Balaban J connectivity index is 0.00000220. The van der Waals surface area contributed by atoms with Crippen molar-refractivity contribution in [3.05, 3.63) is 0 Å². The zero-order chi connectivity index (χ0) is 14.3. The van der Waals surface area contributed by atoms with E-state index in [0.29, 0.717) is 19.8 Å². The molecule has 0 aromatic heterocycles. The Morgan fingerprint density at radius 3 is 2.36 bits per heavy atom. The number of ether oxygens (including phenoxy) is 1. The molecule has 0 aliphatic carbocycles. The molecular weight excluding hydrogens is 325 g/mol. The second-order valence-electron chi connectivity index (χ2n) is 6.11. The van der Waals surface area contributed by atoms with Crippen molar-refractivity contribution in [1.82, 2.24) is 10.2 Å². The minimum atomic E-state index is -0.386. The summed E-state index contributed by atoms with van der Waals surface area (Å²) in [7, 11) is 0. The number of nitrogens with one attached hydrogen (secondary N) is 1. The molecule has 2 saturated heterocycles. The van der Waals surface area contributed by atoms with Crippen molar-refractivity contribution in [3.63, 3.8) is 0 Å². The fourth-order valence-corrected chi connectivity index (χ4v) is 3.16. The van der Waals surface area contributed by atoms with Gasteiger partial charge in [0.05, 0.1) is 5.41 Å². The summed E-state index contributed by atoms with van der Waals surface area (Å²) in [6.07, 6.45) is 6.55. The van der Waals surface area contributed by atoms with Crippen molar-refractivity contribution in [2.75, 3.05) is 45.9 Å². The number of hydrogen-bond acceptors (Lipinski definition) is 4. The van der Waals surface area contributed by atoms with Gasteiger partial charge in [0.15, 0.2) is 0 Å². The zero-order valence-corrected chi connectivity index (χ0v) is 15.0. The molecule has 1 amide bonds. The molecular formula is C15H31Cl2N3O2. The molecule has 0 bridgehead atoms. The van der Waals surface area contributed by atoms with E-state index in [0.717, 1.165) is 32.4 Å². The lowest BCUT2D eigenvalue weighted by Crippen LogP contribution is -2.49. The standard InChI is InChI=1S/C15H29N3O2.2ClH/c16-13-15(5-11-20-12-6-15)14(19)17-7-4-10-18-8-2-1-3-9-18;;/h1-13,16H2,(H,17,19);2*1H. The van der Waals surface area contributed by atoms with Gasteiger partial charge in [-0.25, -0.2) is 0 Å². The van der Waals surface area contributed by atoms with Gasteiger partial charge < -0.3 is 20.7 Å². The smallest absolute Gasteiger partial charge is 0.227 e. The van der Waals surface area contributed by atoms with E-state index in [1.807, 2.05) is 0 Å². The largest absolute Gasteiger partial charge is 0.381 e. The maximum absolute atomic E-state index is 12.3. The average Bonchev–Trinajstić information content (AvgIpc) is 2.53. The monoisotopic (exact) mass is 355 g/mol. The first-order valence-electron chi connectivity index (χ1n) is 8.05. The summed E-state index contributed by atoms with van der Waals surface area (Å²) in [5, 5.41) is 3.08. The number of hydrogen-bond donors (Lipinski definition) is 2. The van der Waals surface area contributed by atoms with Gasteiger partial charge in [-0.1, -0.05) is 6.42 Å². The van der Waals surface area contributed by atoms with E-state index in [2.05, 4.69) is 10.2 Å². The van der Waals surface area contributed by atoms with Gasteiger partial charge in [-0.05, 0) is 51.7 Å². The average molecular weight is 356 g/mol. The molecule has 2 fully saturated rings. The molecule has 2 aliphatic rings. The summed E-state index contributed by atoms with van der Waals surface area (Å²) in [5.41, 5.74) is 5.45. The Hall–Kier alpha value is -0.0700. The zero-order valence-electron chi connectivity index (χ0n) is 13.3. The molecule has 22 heavy (non-hydrogen) atoms. The number of nitrogens with zero attached hydrogens (tertiary/aromatic N) is 1. The normalized spacial score (nSPS) is 21.3. The van der Waals surface area contributed by atoms with Crippen molar-refractivity contribution >= 4 is 30.7 Å². The van der Waals surface area contributed by atoms with Crippen LogP contribution in [0.15, 0.2) is 0 Å². The van der Waals surface area contributed by atoms with E-state index in [1.54, 1.807) is 0 Å². The Kier molecular flexibility index (Phi) is 11.4. The molecule has 0 aromatic rings. The maximum Gasteiger partial charge on any atom is 0.227 e. The second-order valence-corrected chi connectivity index (χ2v) is 6.11. The first-order chi connectivity index (χ1) is 9.77.